The van der Waals surface area contributed by atoms with Gasteiger partial charge in [0.05, 0.1) is 17.4 Å². The standard InChI is InChI=1S/C13H12ClN3O2/c1-7-4-8(2-3-10(7)14)19-12-5-9(13(16)18)11(15)6-17-12/h2-6H,15H2,1H3,(H2,16,18). The van der Waals surface area contributed by atoms with E-state index in [0.29, 0.717) is 10.8 Å². The highest BCUT2D eigenvalue weighted by Crippen LogP contribution is 2.26. The average molecular weight is 278 g/mol. The van der Waals surface area contributed by atoms with Gasteiger partial charge in [0.1, 0.15) is 5.75 Å². The third-order valence-electron chi connectivity index (χ3n) is 2.53. The Hall–Kier alpha value is -2.27. The van der Waals surface area contributed by atoms with Gasteiger partial charge in [-0.2, -0.15) is 0 Å². The zero-order valence-electron chi connectivity index (χ0n) is 10.2. The minimum atomic E-state index is -0.628. The van der Waals surface area contributed by atoms with Crippen LogP contribution in [0.15, 0.2) is 30.5 Å². The number of aromatic nitrogens is 1. The summed E-state index contributed by atoms with van der Waals surface area (Å²) in [6.45, 7) is 1.86. The highest BCUT2D eigenvalue weighted by molar-refractivity contribution is 6.31. The number of anilines is 1. The van der Waals surface area contributed by atoms with E-state index in [1.54, 1.807) is 18.2 Å². The molecule has 0 fully saturated rings. The molecular weight excluding hydrogens is 266 g/mol. The molecule has 0 saturated heterocycles. The fourth-order valence-electron chi connectivity index (χ4n) is 1.52. The lowest BCUT2D eigenvalue weighted by atomic mass is 10.2. The molecule has 0 unspecified atom stereocenters. The van der Waals surface area contributed by atoms with Gasteiger partial charge >= 0.3 is 0 Å². The fourth-order valence-corrected chi connectivity index (χ4v) is 1.63. The van der Waals surface area contributed by atoms with Gasteiger partial charge in [-0.15, -0.1) is 0 Å². The molecule has 2 rings (SSSR count). The van der Waals surface area contributed by atoms with E-state index in [1.165, 1.54) is 12.3 Å². The number of rotatable bonds is 3. The third kappa shape index (κ3) is 2.95. The SMILES string of the molecule is Cc1cc(Oc2cc(C(N)=O)c(N)cn2)ccc1Cl. The lowest BCUT2D eigenvalue weighted by Gasteiger charge is -2.08. The van der Waals surface area contributed by atoms with Crippen LogP contribution in [0.2, 0.25) is 5.02 Å². The Labute approximate surface area is 115 Å². The summed E-state index contributed by atoms with van der Waals surface area (Å²) in [4.78, 5) is 15.1. The number of nitrogens with two attached hydrogens (primary N) is 2. The maximum atomic E-state index is 11.2. The quantitative estimate of drug-likeness (QED) is 0.902. The van der Waals surface area contributed by atoms with Crippen molar-refractivity contribution in [2.24, 2.45) is 5.73 Å². The topological polar surface area (TPSA) is 91.2 Å². The Kier molecular flexibility index (Phi) is 3.57. The van der Waals surface area contributed by atoms with Gasteiger partial charge in [0.15, 0.2) is 0 Å². The molecule has 4 N–H and O–H groups in total. The molecule has 1 aromatic heterocycles. The smallest absolute Gasteiger partial charge is 0.251 e. The van der Waals surface area contributed by atoms with Crippen molar-refractivity contribution < 1.29 is 9.53 Å². The normalized spacial score (nSPS) is 10.2. The molecule has 0 atom stereocenters. The number of halogens is 1. The number of carbonyl (C=O) groups is 1. The second-order valence-corrected chi connectivity index (χ2v) is 4.39. The van der Waals surface area contributed by atoms with Crippen molar-refractivity contribution in [2.45, 2.75) is 6.92 Å². The summed E-state index contributed by atoms with van der Waals surface area (Å²) in [6.07, 6.45) is 1.33. The lowest BCUT2D eigenvalue weighted by molar-refractivity contribution is 0.100. The van der Waals surface area contributed by atoms with Crippen molar-refractivity contribution in [1.29, 1.82) is 0 Å². The van der Waals surface area contributed by atoms with E-state index in [1.807, 2.05) is 6.92 Å². The molecule has 6 heteroatoms. The molecule has 19 heavy (non-hydrogen) atoms. The molecule has 0 spiro atoms. The molecule has 0 aliphatic rings. The van der Waals surface area contributed by atoms with E-state index >= 15 is 0 Å². The van der Waals surface area contributed by atoms with Crippen LogP contribution in [0.5, 0.6) is 11.6 Å². The molecule has 2 aromatic rings. The summed E-state index contributed by atoms with van der Waals surface area (Å²) < 4.78 is 5.53. The van der Waals surface area contributed by atoms with Crippen LogP contribution in [0.1, 0.15) is 15.9 Å². The van der Waals surface area contributed by atoms with Crippen molar-refractivity contribution in [3.05, 3.63) is 46.6 Å². The molecule has 0 aliphatic heterocycles. The molecule has 5 nitrogen and oxygen atoms in total. The number of nitrogens with zero attached hydrogens (tertiary/aromatic N) is 1. The first-order chi connectivity index (χ1) is 8.97. The van der Waals surface area contributed by atoms with E-state index in [0.717, 1.165) is 5.56 Å². The predicted molar refractivity (Wildman–Crippen MR) is 73.4 cm³/mol. The number of carbonyl (C=O) groups excluding carboxylic acids is 1. The van der Waals surface area contributed by atoms with Crippen LogP contribution in [0.3, 0.4) is 0 Å². The molecule has 1 heterocycles. The van der Waals surface area contributed by atoms with Crippen LogP contribution < -0.4 is 16.2 Å². The van der Waals surface area contributed by atoms with Gasteiger partial charge in [-0.1, -0.05) is 11.6 Å². The fraction of sp³-hybridized carbons (Fsp3) is 0.0769. The largest absolute Gasteiger partial charge is 0.439 e. The number of hydrogen-bond donors (Lipinski definition) is 2. The Bertz CT molecular complexity index is 644. The number of aryl methyl sites for hydroxylation is 1. The number of benzene rings is 1. The number of hydrogen-bond acceptors (Lipinski definition) is 4. The van der Waals surface area contributed by atoms with Crippen molar-refractivity contribution in [1.82, 2.24) is 4.98 Å². The molecule has 1 amide bonds. The zero-order chi connectivity index (χ0) is 14.0. The minimum Gasteiger partial charge on any atom is -0.439 e. The van der Waals surface area contributed by atoms with Gasteiger partial charge < -0.3 is 16.2 Å². The van der Waals surface area contributed by atoms with E-state index in [4.69, 9.17) is 27.8 Å². The number of amides is 1. The maximum Gasteiger partial charge on any atom is 0.251 e. The summed E-state index contributed by atoms with van der Waals surface area (Å²) in [5.41, 5.74) is 12.1. The van der Waals surface area contributed by atoms with E-state index < -0.39 is 5.91 Å². The molecule has 1 aromatic carbocycles. The van der Waals surface area contributed by atoms with Gasteiger partial charge in [-0.05, 0) is 30.7 Å². The van der Waals surface area contributed by atoms with E-state index in [-0.39, 0.29) is 17.1 Å². The van der Waals surface area contributed by atoms with Crippen molar-refractivity contribution in [2.75, 3.05) is 5.73 Å². The molecule has 98 valence electrons. The van der Waals surface area contributed by atoms with Crippen LogP contribution in [0.4, 0.5) is 5.69 Å². The Morgan fingerprint density at radius 2 is 2.11 bits per heavy atom. The third-order valence-corrected chi connectivity index (χ3v) is 2.95. The van der Waals surface area contributed by atoms with Crippen molar-refractivity contribution >= 4 is 23.2 Å². The monoisotopic (exact) mass is 277 g/mol. The first-order valence-electron chi connectivity index (χ1n) is 5.46. The minimum absolute atomic E-state index is 0.177. The highest BCUT2D eigenvalue weighted by atomic mass is 35.5. The van der Waals surface area contributed by atoms with Crippen molar-refractivity contribution in [3.8, 4) is 11.6 Å². The second-order valence-electron chi connectivity index (χ2n) is 3.99. The van der Waals surface area contributed by atoms with Gasteiger partial charge in [0.25, 0.3) is 5.91 Å². The van der Waals surface area contributed by atoms with Crippen LogP contribution in [-0.2, 0) is 0 Å². The summed E-state index contributed by atoms with van der Waals surface area (Å²) in [5.74, 6) is 0.177. The molecular formula is C13H12ClN3O2. The van der Waals surface area contributed by atoms with Crippen LogP contribution in [0, 0.1) is 6.92 Å². The summed E-state index contributed by atoms with van der Waals surface area (Å²) in [6, 6.07) is 6.60. The molecule has 0 radical (unpaired) electrons. The van der Waals surface area contributed by atoms with Gasteiger partial charge in [0.2, 0.25) is 5.88 Å². The highest BCUT2D eigenvalue weighted by Gasteiger charge is 2.09. The number of primary amides is 1. The van der Waals surface area contributed by atoms with Gasteiger partial charge in [0, 0.05) is 11.1 Å². The van der Waals surface area contributed by atoms with Crippen LogP contribution in [0.25, 0.3) is 0 Å². The van der Waals surface area contributed by atoms with Crippen LogP contribution in [-0.4, -0.2) is 10.9 Å². The Morgan fingerprint density at radius 1 is 1.37 bits per heavy atom. The Morgan fingerprint density at radius 3 is 2.74 bits per heavy atom. The van der Waals surface area contributed by atoms with Gasteiger partial charge in [-0.3, -0.25) is 4.79 Å². The zero-order valence-corrected chi connectivity index (χ0v) is 10.9. The maximum absolute atomic E-state index is 11.2. The average Bonchev–Trinajstić information content (AvgIpc) is 2.36. The number of ether oxygens (including phenoxy) is 1. The second kappa shape index (κ2) is 5.16. The molecule has 0 bridgehead atoms. The van der Waals surface area contributed by atoms with E-state index in [9.17, 15) is 4.79 Å². The lowest BCUT2D eigenvalue weighted by Crippen LogP contribution is -2.13. The molecule has 0 aliphatic carbocycles. The predicted octanol–water partition coefficient (Wildman–Crippen LogP) is 2.52. The summed E-state index contributed by atoms with van der Waals surface area (Å²) in [5, 5.41) is 0.649. The molecule has 0 saturated carbocycles. The summed E-state index contributed by atoms with van der Waals surface area (Å²) >= 11 is 5.92. The van der Waals surface area contributed by atoms with E-state index in [2.05, 4.69) is 4.98 Å². The van der Waals surface area contributed by atoms with Crippen LogP contribution >= 0.6 is 11.6 Å². The Balaban J connectivity index is 2.30. The van der Waals surface area contributed by atoms with Crippen molar-refractivity contribution in [3.63, 3.8) is 0 Å². The number of nitrogen functional groups attached to an aromatic ring is 1. The first kappa shape index (κ1) is 13.2. The van der Waals surface area contributed by atoms with Gasteiger partial charge in [-0.25, -0.2) is 4.98 Å². The summed E-state index contributed by atoms with van der Waals surface area (Å²) in [7, 11) is 0. The first-order valence-corrected chi connectivity index (χ1v) is 5.84. The number of pyridine rings is 1.